The van der Waals surface area contributed by atoms with E-state index in [0.29, 0.717) is 12.5 Å². The molecule has 0 spiro atoms. The minimum absolute atomic E-state index is 0.501. The Kier molecular flexibility index (Phi) is 3.68. The largest absolute Gasteiger partial charge is 0.325 e. The van der Waals surface area contributed by atoms with Gasteiger partial charge in [-0.1, -0.05) is 13.8 Å². The molecular formula is C11H15N3S2. The van der Waals surface area contributed by atoms with Crippen LogP contribution in [0.15, 0.2) is 10.8 Å². The summed E-state index contributed by atoms with van der Waals surface area (Å²) in [6, 6.07) is 0. The molecule has 0 aliphatic rings. The smallest absolute Gasteiger partial charge is 0.0997 e. The van der Waals surface area contributed by atoms with Crippen LogP contribution in [0.2, 0.25) is 0 Å². The van der Waals surface area contributed by atoms with Gasteiger partial charge in [0.25, 0.3) is 0 Å². The van der Waals surface area contributed by atoms with Gasteiger partial charge in [0.1, 0.15) is 0 Å². The molecule has 16 heavy (non-hydrogen) atoms. The molecule has 0 aromatic carbocycles. The van der Waals surface area contributed by atoms with Crippen molar-refractivity contribution in [3.63, 3.8) is 0 Å². The van der Waals surface area contributed by atoms with Crippen molar-refractivity contribution in [2.75, 3.05) is 0 Å². The zero-order valence-electron chi connectivity index (χ0n) is 9.43. The predicted octanol–water partition coefficient (Wildman–Crippen LogP) is 2.77. The lowest BCUT2D eigenvalue weighted by Gasteiger charge is -1.96. The summed E-state index contributed by atoms with van der Waals surface area (Å²) in [5.74, 6) is 0.501. The van der Waals surface area contributed by atoms with Crippen LogP contribution in [-0.2, 0) is 13.0 Å². The second-order valence-corrected chi connectivity index (χ2v) is 5.82. The van der Waals surface area contributed by atoms with Gasteiger partial charge in [-0.2, -0.15) is 0 Å². The number of rotatable bonds is 4. The van der Waals surface area contributed by atoms with Crippen molar-refractivity contribution in [1.82, 2.24) is 9.97 Å². The van der Waals surface area contributed by atoms with Gasteiger partial charge in [-0.15, -0.1) is 22.7 Å². The van der Waals surface area contributed by atoms with Crippen molar-refractivity contribution in [3.05, 3.63) is 32.2 Å². The molecule has 0 saturated carbocycles. The molecule has 0 saturated heterocycles. The zero-order valence-corrected chi connectivity index (χ0v) is 11.1. The number of aromatic nitrogens is 2. The molecule has 0 aliphatic heterocycles. The van der Waals surface area contributed by atoms with Crippen LogP contribution in [0.25, 0.3) is 0 Å². The van der Waals surface area contributed by atoms with Gasteiger partial charge in [-0.3, -0.25) is 0 Å². The van der Waals surface area contributed by atoms with Gasteiger partial charge in [0.05, 0.1) is 27.8 Å². The minimum atomic E-state index is 0.501. The van der Waals surface area contributed by atoms with E-state index in [2.05, 4.69) is 29.2 Å². The van der Waals surface area contributed by atoms with Crippen molar-refractivity contribution < 1.29 is 0 Å². The highest BCUT2D eigenvalue weighted by atomic mass is 32.1. The molecule has 2 N–H and O–H groups in total. The fourth-order valence-electron chi connectivity index (χ4n) is 1.32. The summed E-state index contributed by atoms with van der Waals surface area (Å²) < 4.78 is 0. The first-order valence-electron chi connectivity index (χ1n) is 5.26. The minimum Gasteiger partial charge on any atom is -0.325 e. The maximum absolute atomic E-state index is 5.53. The summed E-state index contributed by atoms with van der Waals surface area (Å²) in [7, 11) is 0. The summed E-state index contributed by atoms with van der Waals surface area (Å²) in [5, 5.41) is 6.40. The van der Waals surface area contributed by atoms with Gasteiger partial charge in [0.15, 0.2) is 0 Å². The van der Waals surface area contributed by atoms with Crippen LogP contribution in [0, 0.1) is 0 Å². The Morgan fingerprint density at radius 1 is 1.19 bits per heavy atom. The van der Waals surface area contributed by atoms with Crippen LogP contribution in [0.4, 0.5) is 0 Å². The molecule has 2 aromatic rings. The van der Waals surface area contributed by atoms with Crippen molar-refractivity contribution in [1.29, 1.82) is 0 Å². The van der Waals surface area contributed by atoms with E-state index in [-0.39, 0.29) is 0 Å². The van der Waals surface area contributed by atoms with E-state index in [0.717, 1.165) is 22.1 Å². The number of hydrogen-bond acceptors (Lipinski definition) is 5. The third-order valence-electron chi connectivity index (χ3n) is 2.27. The van der Waals surface area contributed by atoms with Crippen molar-refractivity contribution in [2.45, 2.75) is 32.7 Å². The third-order valence-corrected chi connectivity index (χ3v) is 4.04. The second kappa shape index (κ2) is 5.03. The number of thiazole rings is 2. The van der Waals surface area contributed by atoms with E-state index in [1.807, 2.05) is 5.38 Å². The standard InChI is InChI=1S/C11H15N3S2/c1-7(2)9-6-16-11(14-9)3-10-13-8(4-12)5-15-10/h5-7H,3-4,12H2,1-2H3. The Hall–Kier alpha value is -0.780. The fraction of sp³-hybridized carbons (Fsp3) is 0.455. The van der Waals surface area contributed by atoms with E-state index in [4.69, 9.17) is 5.73 Å². The quantitative estimate of drug-likeness (QED) is 0.911. The van der Waals surface area contributed by atoms with Gasteiger partial charge in [0, 0.05) is 17.3 Å². The maximum Gasteiger partial charge on any atom is 0.0997 e. The van der Waals surface area contributed by atoms with E-state index < -0.39 is 0 Å². The van der Waals surface area contributed by atoms with Gasteiger partial charge in [-0.25, -0.2) is 9.97 Å². The molecule has 0 bridgehead atoms. The van der Waals surface area contributed by atoms with E-state index >= 15 is 0 Å². The molecule has 2 heterocycles. The molecule has 0 aliphatic carbocycles. The van der Waals surface area contributed by atoms with Crippen LogP contribution < -0.4 is 5.73 Å². The lowest BCUT2D eigenvalue weighted by Crippen LogP contribution is -1.97. The molecule has 5 heteroatoms. The van der Waals surface area contributed by atoms with Crippen LogP contribution in [0.1, 0.15) is 41.2 Å². The molecule has 0 radical (unpaired) electrons. The number of hydrogen-bond donors (Lipinski definition) is 1. The van der Waals surface area contributed by atoms with Crippen LogP contribution in [0.3, 0.4) is 0 Å². The van der Waals surface area contributed by atoms with Crippen LogP contribution >= 0.6 is 22.7 Å². The molecular weight excluding hydrogens is 238 g/mol. The van der Waals surface area contributed by atoms with E-state index in [9.17, 15) is 0 Å². The maximum atomic E-state index is 5.53. The Labute approximate surface area is 103 Å². The average Bonchev–Trinajstić information content (AvgIpc) is 2.87. The van der Waals surface area contributed by atoms with Gasteiger partial charge < -0.3 is 5.73 Å². The summed E-state index contributed by atoms with van der Waals surface area (Å²) in [6.45, 7) is 4.84. The van der Waals surface area contributed by atoms with E-state index in [1.165, 1.54) is 5.69 Å². The molecule has 3 nitrogen and oxygen atoms in total. The fourth-order valence-corrected chi connectivity index (χ4v) is 3.19. The highest BCUT2D eigenvalue weighted by Gasteiger charge is 2.08. The molecule has 86 valence electrons. The highest BCUT2D eigenvalue weighted by Crippen LogP contribution is 2.21. The monoisotopic (exact) mass is 253 g/mol. The summed E-state index contributed by atoms with van der Waals surface area (Å²) in [5.41, 5.74) is 7.68. The Morgan fingerprint density at radius 3 is 2.44 bits per heavy atom. The van der Waals surface area contributed by atoms with Gasteiger partial charge in [0.2, 0.25) is 0 Å². The highest BCUT2D eigenvalue weighted by molar-refractivity contribution is 7.11. The Bertz CT molecular complexity index is 459. The molecule has 0 atom stereocenters. The predicted molar refractivity (Wildman–Crippen MR) is 69.0 cm³/mol. The SMILES string of the molecule is CC(C)c1csc(Cc2nc(CN)cs2)n1. The first-order chi connectivity index (χ1) is 7.69. The first-order valence-corrected chi connectivity index (χ1v) is 7.02. The van der Waals surface area contributed by atoms with Crippen LogP contribution in [0.5, 0.6) is 0 Å². The third kappa shape index (κ3) is 2.66. The lowest BCUT2D eigenvalue weighted by molar-refractivity contribution is 0.824. The molecule has 0 amide bonds. The van der Waals surface area contributed by atoms with Crippen molar-refractivity contribution >= 4 is 22.7 Å². The summed E-state index contributed by atoms with van der Waals surface area (Å²) in [6.07, 6.45) is 0.835. The molecule has 2 aromatic heterocycles. The van der Waals surface area contributed by atoms with E-state index in [1.54, 1.807) is 22.7 Å². The van der Waals surface area contributed by atoms with Crippen molar-refractivity contribution in [2.24, 2.45) is 5.73 Å². The summed E-state index contributed by atoms with van der Waals surface area (Å²) >= 11 is 3.38. The lowest BCUT2D eigenvalue weighted by atomic mass is 10.2. The molecule has 0 fully saturated rings. The normalized spacial score (nSPS) is 11.2. The first kappa shape index (κ1) is 11.7. The zero-order chi connectivity index (χ0) is 11.5. The molecule has 0 unspecified atom stereocenters. The van der Waals surface area contributed by atoms with Crippen LogP contribution in [-0.4, -0.2) is 9.97 Å². The number of nitrogens with zero attached hydrogens (tertiary/aromatic N) is 2. The average molecular weight is 253 g/mol. The Morgan fingerprint density at radius 2 is 1.88 bits per heavy atom. The topological polar surface area (TPSA) is 51.8 Å². The van der Waals surface area contributed by atoms with Crippen molar-refractivity contribution in [3.8, 4) is 0 Å². The van der Waals surface area contributed by atoms with Gasteiger partial charge in [-0.05, 0) is 5.92 Å². The summed E-state index contributed by atoms with van der Waals surface area (Å²) in [4.78, 5) is 9.03. The second-order valence-electron chi connectivity index (χ2n) is 3.93. The molecule has 2 rings (SSSR count). The number of nitrogens with two attached hydrogens (primary N) is 1. The van der Waals surface area contributed by atoms with Gasteiger partial charge >= 0.3 is 0 Å². The Balaban J connectivity index is 2.08.